The summed E-state index contributed by atoms with van der Waals surface area (Å²) >= 11 is 0. The number of nitrogens with one attached hydrogen (secondary N) is 2. The van der Waals surface area contributed by atoms with E-state index in [0.29, 0.717) is 12.2 Å². The van der Waals surface area contributed by atoms with Crippen molar-refractivity contribution in [2.45, 2.75) is 49.6 Å². The van der Waals surface area contributed by atoms with Gasteiger partial charge in [0.1, 0.15) is 0 Å². The summed E-state index contributed by atoms with van der Waals surface area (Å²) in [6.07, 6.45) is 8.23. The molecule has 3 rings (SSSR count). The van der Waals surface area contributed by atoms with E-state index < -0.39 is 10.0 Å². The Morgan fingerprint density at radius 1 is 1.15 bits per heavy atom. The standard InChI is InChI=1S/C19H25N3O4S/c1-22(17-5-3-2-4-6-17)27(24,25)18-9-7-16(8-10-18)21-19(23)20-13-15-11-12-26-14-15/h7-12,14,17H,2-6,13H2,1H3,(H2,20,21,23). The zero-order valence-electron chi connectivity index (χ0n) is 15.3. The number of amides is 2. The highest BCUT2D eigenvalue weighted by Crippen LogP contribution is 2.26. The van der Waals surface area contributed by atoms with Gasteiger partial charge in [0.05, 0.1) is 17.4 Å². The van der Waals surface area contributed by atoms with Gasteiger partial charge in [-0.1, -0.05) is 19.3 Å². The van der Waals surface area contributed by atoms with E-state index >= 15 is 0 Å². The molecule has 0 spiro atoms. The van der Waals surface area contributed by atoms with Crippen molar-refractivity contribution < 1.29 is 17.6 Å². The van der Waals surface area contributed by atoms with Crippen molar-refractivity contribution in [3.63, 3.8) is 0 Å². The minimum atomic E-state index is -3.53. The van der Waals surface area contributed by atoms with Gasteiger partial charge in [0.25, 0.3) is 0 Å². The van der Waals surface area contributed by atoms with E-state index in [1.165, 1.54) is 22.9 Å². The second kappa shape index (κ2) is 8.58. The molecule has 0 bridgehead atoms. The minimum absolute atomic E-state index is 0.0650. The number of hydrogen-bond acceptors (Lipinski definition) is 4. The zero-order valence-corrected chi connectivity index (χ0v) is 16.2. The van der Waals surface area contributed by atoms with Crippen LogP contribution in [0.2, 0.25) is 0 Å². The molecule has 146 valence electrons. The van der Waals surface area contributed by atoms with Crippen LogP contribution in [-0.2, 0) is 16.6 Å². The molecule has 1 aliphatic carbocycles. The van der Waals surface area contributed by atoms with Crippen molar-refractivity contribution in [3.05, 3.63) is 48.4 Å². The lowest BCUT2D eigenvalue weighted by Crippen LogP contribution is -2.38. The molecule has 1 heterocycles. The van der Waals surface area contributed by atoms with Crippen LogP contribution in [0, 0.1) is 0 Å². The molecule has 1 aromatic heterocycles. The summed E-state index contributed by atoms with van der Waals surface area (Å²) < 4.78 is 32.1. The van der Waals surface area contributed by atoms with Gasteiger partial charge < -0.3 is 15.1 Å². The monoisotopic (exact) mass is 391 g/mol. The van der Waals surface area contributed by atoms with Crippen LogP contribution in [0.4, 0.5) is 10.5 Å². The van der Waals surface area contributed by atoms with Gasteiger partial charge in [-0.15, -0.1) is 0 Å². The lowest BCUT2D eigenvalue weighted by Gasteiger charge is -2.30. The van der Waals surface area contributed by atoms with Gasteiger partial charge in [0.2, 0.25) is 10.0 Å². The summed E-state index contributed by atoms with van der Waals surface area (Å²) in [5.74, 6) is 0. The topological polar surface area (TPSA) is 91.7 Å². The van der Waals surface area contributed by atoms with E-state index in [1.54, 1.807) is 37.8 Å². The molecule has 1 aliphatic rings. The fourth-order valence-electron chi connectivity index (χ4n) is 3.27. The zero-order chi connectivity index (χ0) is 19.3. The first kappa shape index (κ1) is 19.4. The van der Waals surface area contributed by atoms with Gasteiger partial charge in [-0.25, -0.2) is 13.2 Å². The first-order valence-corrected chi connectivity index (χ1v) is 10.5. The molecule has 0 atom stereocenters. The quantitative estimate of drug-likeness (QED) is 0.788. The largest absolute Gasteiger partial charge is 0.472 e. The molecule has 8 heteroatoms. The third-order valence-corrected chi connectivity index (χ3v) is 6.84. The van der Waals surface area contributed by atoms with Gasteiger partial charge in [0.15, 0.2) is 0 Å². The number of sulfonamides is 1. The number of benzene rings is 1. The number of carbonyl (C=O) groups is 1. The van der Waals surface area contributed by atoms with Crippen LogP contribution in [0.1, 0.15) is 37.7 Å². The molecule has 0 unspecified atom stereocenters. The van der Waals surface area contributed by atoms with E-state index in [0.717, 1.165) is 31.2 Å². The smallest absolute Gasteiger partial charge is 0.319 e. The average molecular weight is 391 g/mol. The Hall–Kier alpha value is -2.32. The van der Waals surface area contributed by atoms with Gasteiger partial charge in [-0.3, -0.25) is 0 Å². The normalized spacial score (nSPS) is 15.6. The molecule has 1 aromatic carbocycles. The predicted molar refractivity (Wildman–Crippen MR) is 103 cm³/mol. The molecule has 1 fully saturated rings. The first-order valence-electron chi connectivity index (χ1n) is 9.11. The van der Waals surface area contributed by atoms with Crippen molar-refractivity contribution in [2.75, 3.05) is 12.4 Å². The number of hydrogen-bond donors (Lipinski definition) is 2. The summed E-state index contributed by atoms with van der Waals surface area (Å²) in [5, 5.41) is 5.39. The Morgan fingerprint density at radius 2 is 1.85 bits per heavy atom. The maximum Gasteiger partial charge on any atom is 0.319 e. The Balaban J connectivity index is 1.59. The van der Waals surface area contributed by atoms with E-state index in [2.05, 4.69) is 10.6 Å². The highest BCUT2D eigenvalue weighted by atomic mass is 32.2. The Bertz CT molecular complexity index is 842. The van der Waals surface area contributed by atoms with Crippen LogP contribution in [0.3, 0.4) is 0 Å². The summed E-state index contributed by atoms with van der Waals surface area (Å²) in [5.41, 5.74) is 1.39. The Kier molecular flexibility index (Phi) is 6.18. The number of urea groups is 1. The van der Waals surface area contributed by atoms with Gasteiger partial charge >= 0.3 is 6.03 Å². The third-order valence-electron chi connectivity index (χ3n) is 4.91. The molecule has 0 saturated heterocycles. The second-order valence-electron chi connectivity index (χ2n) is 6.78. The van der Waals surface area contributed by atoms with Crippen LogP contribution in [0.5, 0.6) is 0 Å². The fraction of sp³-hybridized carbons (Fsp3) is 0.421. The molecule has 2 amide bonds. The average Bonchev–Trinajstić information content (AvgIpc) is 3.20. The fourth-order valence-corrected chi connectivity index (χ4v) is 4.68. The second-order valence-corrected chi connectivity index (χ2v) is 8.77. The van der Waals surface area contributed by atoms with Crippen molar-refractivity contribution in [1.29, 1.82) is 0 Å². The van der Waals surface area contributed by atoms with Gasteiger partial charge in [-0.2, -0.15) is 4.31 Å². The maximum absolute atomic E-state index is 12.8. The van der Waals surface area contributed by atoms with Crippen LogP contribution in [0.25, 0.3) is 0 Å². The highest BCUT2D eigenvalue weighted by molar-refractivity contribution is 7.89. The third kappa shape index (κ3) is 4.90. The number of anilines is 1. The summed E-state index contributed by atoms with van der Waals surface area (Å²) in [6, 6.07) is 7.71. The van der Waals surface area contributed by atoms with Crippen LogP contribution in [0.15, 0.2) is 52.2 Å². The van der Waals surface area contributed by atoms with E-state index in [9.17, 15) is 13.2 Å². The molecule has 2 N–H and O–H groups in total. The molecule has 7 nitrogen and oxygen atoms in total. The first-order chi connectivity index (χ1) is 13.0. The Morgan fingerprint density at radius 3 is 2.48 bits per heavy atom. The summed E-state index contributed by atoms with van der Waals surface area (Å²) in [4.78, 5) is 12.2. The van der Waals surface area contributed by atoms with Gasteiger partial charge in [-0.05, 0) is 43.2 Å². The number of rotatable bonds is 6. The molecule has 1 saturated carbocycles. The number of nitrogens with zero attached hydrogens (tertiary/aromatic N) is 1. The Labute approximate surface area is 159 Å². The predicted octanol–water partition coefficient (Wildman–Crippen LogP) is 3.55. The lowest BCUT2D eigenvalue weighted by atomic mass is 9.96. The highest BCUT2D eigenvalue weighted by Gasteiger charge is 2.28. The molecular formula is C19H25N3O4S. The van der Waals surface area contributed by atoms with E-state index in [-0.39, 0.29) is 17.0 Å². The van der Waals surface area contributed by atoms with Crippen molar-refractivity contribution in [2.24, 2.45) is 0 Å². The molecule has 0 aliphatic heterocycles. The van der Waals surface area contributed by atoms with Crippen molar-refractivity contribution in [3.8, 4) is 0 Å². The summed E-state index contributed by atoms with van der Waals surface area (Å²) in [6.45, 7) is 0.348. The molecular weight excluding hydrogens is 366 g/mol. The van der Waals surface area contributed by atoms with Gasteiger partial charge in [0, 0.05) is 30.9 Å². The van der Waals surface area contributed by atoms with E-state index in [1.807, 2.05) is 0 Å². The SMILES string of the molecule is CN(C1CCCCC1)S(=O)(=O)c1ccc(NC(=O)NCc2ccoc2)cc1. The lowest BCUT2D eigenvalue weighted by molar-refractivity contribution is 0.251. The minimum Gasteiger partial charge on any atom is -0.472 e. The maximum atomic E-state index is 12.8. The van der Waals surface area contributed by atoms with E-state index in [4.69, 9.17) is 4.42 Å². The number of furan rings is 1. The number of carbonyl (C=O) groups excluding carboxylic acids is 1. The molecule has 0 radical (unpaired) electrons. The molecule has 2 aromatic rings. The van der Waals surface area contributed by atoms with Crippen molar-refractivity contribution >= 4 is 21.7 Å². The van der Waals surface area contributed by atoms with Crippen LogP contribution in [-0.4, -0.2) is 31.8 Å². The van der Waals surface area contributed by atoms with Crippen LogP contribution >= 0.6 is 0 Å². The van der Waals surface area contributed by atoms with Crippen LogP contribution < -0.4 is 10.6 Å². The van der Waals surface area contributed by atoms with Crippen molar-refractivity contribution in [1.82, 2.24) is 9.62 Å². The molecule has 27 heavy (non-hydrogen) atoms. The summed E-state index contributed by atoms with van der Waals surface area (Å²) in [7, 11) is -1.88.